The van der Waals surface area contributed by atoms with Gasteiger partial charge >= 0.3 is 0 Å². The number of rotatable bonds is 3. The zero-order valence-corrected chi connectivity index (χ0v) is 7.69. The molecule has 0 bridgehead atoms. The van der Waals surface area contributed by atoms with Crippen molar-refractivity contribution in [3.63, 3.8) is 0 Å². The van der Waals surface area contributed by atoms with Crippen LogP contribution in [0.25, 0.3) is 0 Å². The van der Waals surface area contributed by atoms with Gasteiger partial charge in [-0.25, -0.2) is 13.5 Å². The lowest BCUT2D eigenvalue weighted by molar-refractivity contribution is 0.507. The lowest BCUT2D eigenvalue weighted by Crippen LogP contribution is -2.12. The zero-order valence-electron chi connectivity index (χ0n) is 7.69. The van der Waals surface area contributed by atoms with Crippen LogP contribution in [0, 0.1) is 11.6 Å². The van der Waals surface area contributed by atoms with Crippen LogP contribution < -0.4 is 5.43 Å². The van der Waals surface area contributed by atoms with Gasteiger partial charge in [-0.3, -0.25) is 0 Å². The van der Waals surface area contributed by atoms with Crippen LogP contribution in [0.3, 0.4) is 0 Å². The summed E-state index contributed by atoms with van der Waals surface area (Å²) in [5.74, 6) is -1.69. The van der Waals surface area contributed by atoms with E-state index in [0.717, 1.165) is 12.1 Å². The number of hydrogen-bond acceptors (Lipinski definition) is 3. The molecule has 15 heavy (non-hydrogen) atoms. The van der Waals surface area contributed by atoms with Crippen LogP contribution in [0.5, 0.6) is 0 Å². The number of halogens is 2. The molecule has 1 aromatic carbocycles. The summed E-state index contributed by atoms with van der Waals surface area (Å²) in [6.07, 6.45) is 2.94. The second-order valence-corrected chi connectivity index (χ2v) is 2.95. The van der Waals surface area contributed by atoms with Gasteiger partial charge in [0.05, 0.1) is 6.54 Å². The molecule has 0 radical (unpaired) electrons. The summed E-state index contributed by atoms with van der Waals surface area (Å²) in [5, 5.41) is 7.17. The number of nitrogens with one attached hydrogen (secondary N) is 1. The Hall–Kier alpha value is -1.98. The van der Waals surface area contributed by atoms with E-state index in [1.54, 1.807) is 0 Å². The predicted molar refractivity (Wildman–Crippen MR) is 49.4 cm³/mol. The molecular formula is C9H8F2N4. The van der Waals surface area contributed by atoms with Gasteiger partial charge in [0.15, 0.2) is 11.6 Å². The summed E-state index contributed by atoms with van der Waals surface area (Å²) in [6.45, 7) is 0.370. The third-order valence-corrected chi connectivity index (χ3v) is 1.87. The molecule has 1 N–H and O–H groups in total. The Bertz CT molecular complexity index is 441. The van der Waals surface area contributed by atoms with Gasteiger partial charge in [-0.05, 0) is 17.7 Å². The summed E-state index contributed by atoms with van der Waals surface area (Å²) in [4.78, 5) is 0. The molecule has 1 aromatic heterocycles. The van der Waals surface area contributed by atoms with Crippen molar-refractivity contribution in [2.75, 3.05) is 5.43 Å². The highest BCUT2D eigenvalue weighted by atomic mass is 19.2. The monoisotopic (exact) mass is 210 g/mol. The van der Waals surface area contributed by atoms with E-state index in [-0.39, 0.29) is 0 Å². The molecule has 0 amide bonds. The van der Waals surface area contributed by atoms with Crippen molar-refractivity contribution in [2.45, 2.75) is 6.54 Å². The van der Waals surface area contributed by atoms with Gasteiger partial charge < -0.3 is 5.43 Å². The SMILES string of the molecule is Fc1ccc(CNn2cnnc2)cc1F. The smallest absolute Gasteiger partial charge is 0.159 e. The average molecular weight is 210 g/mol. The predicted octanol–water partition coefficient (Wildman–Crippen LogP) is 1.30. The topological polar surface area (TPSA) is 42.7 Å². The Morgan fingerprint density at radius 2 is 1.87 bits per heavy atom. The van der Waals surface area contributed by atoms with Gasteiger partial charge in [0, 0.05) is 0 Å². The maximum absolute atomic E-state index is 12.8. The zero-order chi connectivity index (χ0) is 10.7. The largest absolute Gasteiger partial charge is 0.319 e. The van der Waals surface area contributed by atoms with Crippen LogP contribution in [0.4, 0.5) is 8.78 Å². The molecule has 2 rings (SSSR count). The molecule has 0 atom stereocenters. The van der Waals surface area contributed by atoms with E-state index in [0.29, 0.717) is 12.1 Å². The summed E-state index contributed by atoms with van der Waals surface area (Å²) in [5.41, 5.74) is 3.53. The Labute approximate surface area is 84.5 Å². The van der Waals surface area contributed by atoms with E-state index in [9.17, 15) is 8.78 Å². The molecule has 0 saturated heterocycles. The Morgan fingerprint density at radius 3 is 2.53 bits per heavy atom. The molecule has 1 heterocycles. The molecule has 78 valence electrons. The van der Waals surface area contributed by atoms with Gasteiger partial charge in [0.25, 0.3) is 0 Å². The normalized spacial score (nSPS) is 10.3. The summed E-state index contributed by atoms with van der Waals surface area (Å²) >= 11 is 0. The number of hydrogen-bond donors (Lipinski definition) is 1. The average Bonchev–Trinajstić information content (AvgIpc) is 2.73. The summed E-state index contributed by atoms with van der Waals surface area (Å²) in [7, 11) is 0. The second-order valence-electron chi connectivity index (χ2n) is 2.95. The third kappa shape index (κ3) is 2.28. The minimum absolute atomic E-state index is 0.370. The molecule has 0 aliphatic carbocycles. The fourth-order valence-corrected chi connectivity index (χ4v) is 1.11. The molecule has 0 unspecified atom stereocenters. The molecule has 0 fully saturated rings. The van der Waals surface area contributed by atoms with E-state index >= 15 is 0 Å². The lowest BCUT2D eigenvalue weighted by atomic mass is 10.2. The van der Waals surface area contributed by atoms with Gasteiger partial charge in [-0.15, -0.1) is 10.2 Å². The molecule has 0 aliphatic rings. The molecule has 4 nitrogen and oxygen atoms in total. The van der Waals surface area contributed by atoms with Crippen molar-refractivity contribution in [3.05, 3.63) is 48.1 Å². The Balaban J connectivity index is 2.02. The number of benzene rings is 1. The Morgan fingerprint density at radius 1 is 1.13 bits per heavy atom. The highest BCUT2D eigenvalue weighted by molar-refractivity contribution is 5.18. The standard InChI is InChI=1S/C9H8F2N4/c10-8-2-1-7(3-9(8)11)4-14-15-5-12-13-6-15/h1-3,5-6,14H,4H2. The maximum atomic E-state index is 12.8. The molecular weight excluding hydrogens is 202 g/mol. The van der Waals surface area contributed by atoms with Gasteiger partial charge in [0.2, 0.25) is 0 Å². The molecule has 0 saturated carbocycles. The quantitative estimate of drug-likeness (QED) is 0.830. The van der Waals surface area contributed by atoms with Crippen LogP contribution in [-0.4, -0.2) is 14.9 Å². The third-order valence-electron chi connectivity index (χ3n) is 1.87. The van der Waals surface area contributed by atoms with E-state index in [4.69, 9.17) is 0 Å². The summed E-state index contributed by atoms with van der Waals surface area (Å²) in [6, 6.07) is 3.75. The Kier molecular flexibility index (Phi) is 2.57. The van der Waals surface area contributed by atoms with Crippen LogP contribution >= 0.6 is 0 Å². The maximum Gasteiger partial charge on any atom is 0.159 e. The van der Waals surface area contributed by atoms with Crippen molar-refractivity contribution < 1.29 is 8.78 Å². The molecule has 2 aromatic rings. The highest BCUT2D eigenvalue weighted by Crippen LogP contribution is 2.08. The van der Waals surface area contributed by atoms with Gasteiger partial charge in [-0.1, -0.05) is 6.07 Å². The van der Waals surface area contributed by atoms with Crippen LogP contribution in [0.1, 0.15) is 5.56 Å². The van der Waals surface area contributed by atoms with E-state index in [1.165, 1.54) is 23.4 Å². The lowest BCUT2D eigenvalue weighted by Gasteiger charge is -2.05. The minimum Gasteiger partial charge on any atom is -0.319 e. The van der Waals surface area contributed by atoms with Crippen LogP contribution in [0.2, 0.25) is 0 Å². The van der Waals surface area contributed by atoms with Crippen LogP contribution in [0.15, 0.2) is 30.9 Å². The molecule has 6 heteroatoms. The summed E-state index contributed by atoms with van der Waals surface area (Å²) < 4.78 is 26.9. The molecule has 0 aliphatic heterocycles. The highest BCUT2D eigenvalue weighted by Gasteiger charge is 2.01. The minimum atomic E-state index is -0.849. The fraction of sp³-hybridized carbons (Fsp3) is 0.111. The van der Waals surface area contributed by atoms with Crippen molar-refractivity contribution in [1.82, 2.24) is 14.9 Å². The van der Waals surface area contributed by atoms with E-state index in [2.05, 4.69) is 15.6 Å². The van der Waals surface area contributed by atoms with Gasteiger partial charge in [-0.2, -0.15) is 0 Å². The van der Waals surface area contributed by atoms with Crippen LogP contribution in [-0.2, 0) is 6.54 Å². The molecule has 0 spiro atoms. The second kappa shape index (κ2) is 4.04. The first-order valence-corrected chi connectivity index (χ1v) is 4.28. The van der Waals surface area contributed by atoms with Gasteiger partial charge in [0.1, 0.15) is 12.7 Å². The van der Waals surface area contributed by atoms with Crippen molar-refractivity contribution in [2.24, 2.45) is 0 Å². The van der Waals surface area contributed by atoms with Crippen molar-refractivity contribution in [3.8, 4) is 0 Å². The first kappa shape index (κ1) is 9.57. The number of nitrogens with zero attached hydrogens (tertiary/aromatic N) is 3. The number of aromatic nitrogens is 3. The van der Waals surface area contributed by atoms with Crippen molar-refractivity contribution >= 4 is 0 Å². The van der Waals surface area contributed by atoms with E-state index in [1.807, 2.05) is 0 Å². The van der Waals surface area contributed by atoms with E-state index < -0.39 is 11.6 Å². The first-order valence-electron chi connectivity index (χ1n) is 4.28. The first-order chi connectivity index (χ1) is 7.25. The fourth-order valence-electron chi connectivity index (χ4n) is 1.11. The van der Waals surface area contributed by atoms with Crippen molar-refractivity contribution in [1.29, 1.82) is 0 Å².